The van der Waals surface area contributed by atoms with Crippen molar-refractivity contribution in [1.82, 2.24) is 10.6 Å². The largest absolute Gasteiger partial charge is 0.356 e. The highest BCUT2D eigenvalue weighted by Gasteiger charge is 2.46. The van der Waals surface area contributed by atoms with Crippen molar-refractivity contribution in [2.45, 2.75) is 31.1 Å². The third-order valence-electron chi connectivity index (χ3n) is 5.27. The molecule has 138 valence electrons. The van der Waals surface area contributed by atoms with Crippen LogP contribution < -0.4 is 10.6 Å². The molecule has 0 aliphatic heterocycles. The molecule has 0 heterocycles. The summed E-state index contributed by atoms with van der Waals surface area (Å²) in [6.07, 6.45) is 5.57. The first-order valence-corrected chi connectivity index (χ1v) is 11.5. The summed E-state index contributed by atoms with van der Waals surface area (Å²) >= 11 is 3.66. The van der Waals surface area contributed by atoms with E-state index in [1.807, 2.05) is 6.07 Å². The number of hydrogen-bond acceptors (Lipinski definition) is 3. The van der Waals surface area contributed by atoms with Crippen LogP contribution in [0.3, 0.4) is 0 Å². The minimum absolute atomic E-state index is 0.106. The summed E-state index contributed by atoms with van der Waals surface area (Å²) in [6, 6.07) is 8.38. The minimum atomic E-state index is -2.95. The Kier molecular flexibility index (Phi) is 5.17. The summed E-state index contributed by atoms with van der Waals surface area (Å²) in [6.45, 7) is 1.48. The summed E-state index contributed by atoms with van der Waals surface area (Å²) in [4.78, 5) is 4.30. The number of sulfone groups is 1. The van der Waals surface area contributed by atoms with E-state index in [0.29, 0.717) is 6.54 Å². The maximum atomic E-state index is 11.6. The Morgan fingerprint density at radius 3 is 2.32 bits per heavy atom. The van der Waals surface area contributed by atoms with E-state index in [-0.39, 0.29) is 16.6 Å². The number of guanidine groups is 1. The van der Waals surface area contributed by atoms with Crippen LogP contribution in [0, 0.1) is 5.41 Å². The van der Waals surface area contributed by atoms with Gasteiger partial charge in [-0.25, -0.2) is 8.42 Å². The first kappa shape index (κ1) is 18.7. The van der Waals surface area contributed by atoms with Gasteiger partial charge in [-0.1, -0.05) is 34.1 Å². The summed E-state index contributed by atoms with van der Waals surface area (Å²) in [5.41, 5.74) is 1.40. The molecule has 5 nitrogen and oxygen atoms in total. The Hall–Kier alpha value is -1.08. The van der Waals surface area contributed by atoms with Gasteiger partial charge in [0.25, 0.3) is 0 Å². The van der Waals surface area contributed by atoms with Gasteiger partial charge in [-0.3, -0.25) is 4.99 Å². The van der Waals surface area contributed by atoms with Crippen molar-refractivity contribution in [2.75, 3.05) is 32.1 Å². The lowest BCUT2D eigenvalue weighted by atomic mass is 9.96. The van der Waals surface area contributed by atoms with Crippen molar-refractivity contribution in [2.24, 2.45) is 10.4 Å². The van der Waals surface area contributed by atoms with Gasteiger partial charge < -0.3 is 10.6 Å². The van der Waals surface area contributed by atoms with Crippen LogP contribution >= 0.6 is 15.9 Å². The fourth-order valence-electron chi connectivity index (χ4n) is 3.43. The lowest BCUT2D eigenvalue weighted by Crippen LogP contribution is -2.44. The predicted octanol–water partition coefficient (Wildman–Crippen LogP) is 2.47. The molecule has 0 spiro atoms. The van der Waals surface area contributed by atoms with E-state index in [1.165, 1.54) is 11.8 Å². The predicted molar refractivity (Wildman–Crippen MR) is 106 cm³/mol. The number of halogens is 1. The highest BCUT2D eigenvalue weighted by Crippen LogP contribution is 2.50. The van der Waals surface area contributed by atoms with E-state index in [2.05, 4.69) is 49.8 Å². The van der Waals surface area contributed by atoms with Crippen LogP contribution in [0.1, 0.15) is 31.2 Å². The highest BCUT2D eigenvalue weighted by atomic mass is 79.9. The third-order valence-corrected chi connectivity index (χ3v) is 7.10. The Morgan fingerprint density at radius 2 is 1.80 bits per heavy atom. The Labute approximate surface area is 158 Å². The number of nitrogens with one attached hydrogen (secondary N) is 2. The van der Waals surface area contributed by atoms with Gasteiger partial charge in [0, 0.05) is 41.7 Å². The van der Waals surface area contributed by atoms with E-state index < -0.39 is 9.84 Å². The lowest BCUT2D eigenvalue weighted by molar-refractivity contribution is 0.527. The van der Waals surface area contributed by atoms with Crippen molar-refractivity contribution >= 4 is 31.7 Å². The van der Waals surface area contributed by atoms with Crippen LogP contribution in [-0.4, -0.2) is 46.5 Å². The molecule has 1 aromatic rings. The molecular weight excluding hydrogens is 402 g/mol. The van der Waals surface area contributed by atoms with Crippen LogP contribution in [0.4, 0.5) is 0 Å². The molecule has 3 rings (SSSR count). The van der Waals surface area contributed by atoms with Crippen LogP contribution in [0.5, 0.6) is 0 Å². The fraction of sp³-hybridized carbons (Fsp3) is 0.611. The smallest absolute Gasteiger partial charge is 0.191 e. The number of aliphatic imine (C=N–C) groups is 1. The maximum Gasteiger partial charge on any atom is 0.191 e. The van der Waals surface area contributed by atoms with E-state index in [0.717, 1.165) is 42.7 Å². The van der Waals surface area contributed by atoms with Gasteiger partial charge in [0.2, 0.25) is 0 Å². The van der Waals surface area contributed by atoms with Gasteiger partial charge in [0.15, 0.2) is 5.96 Å². The summed E-state index contributed by atoms with van der Waals surface area (Å²) in [7, 11) is -1.19. The molecular formula is C18H26BrN3O2S. The van der Waals surface area contributed by atoms with Crippen LogP contribution in [0.2, 0.25) is 0 Å². The second-order valence-electron chi connectivity index (χ2n) is 7.61. The van der Waals surface area contributed by atoms with E-state index in [9.17, 15) is 8.42 Å². The number of nitrogens with zero attached hydrogens (tertiary/aromatic N) is 1. The van der Waals surface area contributed by atoms with Gasteiger partial charge in [-0.2, -0.15) is 0 Å². The summed E-state index contributed by atoms with van der Waals surface area (Å²) < 4.78 is 24.3. The van der Waals surface area contributed by atoms with E-state index in [4.69, 9.17) is 0 Å². The second-order valence-corrected chi connectivity index (χ2v) is 10.6. The number of rotatable bonds is 7. The molecule has 0 unspecified atom stereocenters. The van der Waals surface area contributed by atoms with Gasteiger partial charge >= 0.3 is 0 Å². The van der Waals surface area contributed by atoms with Gasteiger partial charge in [0.1, 0.15) is 9.84 Å². The van der Waals surface area contributed by atoms with Crippen molar-refractivity contribution in [3.8, 4) is 0 Å². The second kappa shape index (κ2) is 6.91. The molecule has 2 saturated carbocycles. The molecule has 0 saturated heterocycles. The highest BCUT2D eigenvalue weighted by molar-refractivity contribution is 9.10. The molecule has 2 aliphatic rings. The first-order valence-electron chi connectivity index (χ1n) is 8.65. The molecule has 2 N–H and O–H groups in total. The molecule has 1 aromatic carbocycles. The summed E-state index contributed by atoms with van der Waals surface area (Å²) in [5, 5.41) is 6.75. The van der Waals surface area contributed by atoms with Crippen molar-refractivity contribution < 1.29 is 8.42 Å². The maximum absolute atomic E-state index is 11.6. The quantitative estimate of drug-likeness (QED) is 0.517. The van der Waals surface area contributed by atoms with Crippen LogP contribution in [0.15, 0.2) is 33.7 Å². The monoisotopic (exact) mass is 427 g/mol. The normalized spacial score (nSPS) is 20.8. The molecule has 2 fully saturated rings. The molecule has 0 radical (unpaired) electrons. The first-order chi connectivity index (χ1) is 11.8. The molecule has 25 heavy (non-hydrogen) atoms. The average molecular weight is 428 g/mol. The van der Waals surface area contributed by atoms with Gasteiger partial charge in [0.05, 0.1) is 5.75 Å². The standard InChI is InChI=1S/C18H26BrN3O2S/c1-20-16(21-11-17(7-8-17)13-25(2,23)24)22-12-18(9-10-18)14-5-3-4-6-15(14)19/h3-6H,7-13H2,1-2H3,(H2,20,21,22). The van der Waals surface area contributed by atoms with E-state index >= 15 is 0 Å². The number of hydrogen-bond donors (Lipinski definition) is 2. The topological polar surface area (TPSA) is 70.6 Å². The minimum Gasteiger partial charge on any atom is -0.356 e. The van der Waals surface area contributed by atoms with Crippen molar-refractivity contribution in [3.63, 3.8) is 0 Å². The molecule has 2 aliphatic carbocycles. The molecule has 0 amide bonds. The zero-order valence-electron chi connectivity index (χ0n) is 14.8. The summed E-state index contributed by atoms with van der Waals surface area (Å²) in [5.74, 6) is 1.00. The Morgan fingerprint density at radius 1 is 1.16 bits per heavy atom. The average Bonchev–Trinajstić information content (AvgIpc) is 3.45. The lowest BCUT2D eigenvalue weighted by Gasteiger charge is -2.22. The zero-order chi connectivity index (χ0) is 18.1. The Balaban J connectivity index is 1.55. The number of benzene rings is 1. The SMILES string of the molecule is CN=C(NCC1(CS(C)(=O)=O)CC1)NCC1(c2ccccc2Br)CC1. The Bertz CT molecular complexity index is 768. The third kappa shape index (κ3) is 4.76. The van der Waals surface area contributed by atoms with Crippen LogP contribution in [-0.2, 0) is 15.3 Å². The van der Waals surface area contributed by atoms with Crippen molar-refractivity contribution in [1.29, 1.82) is 0 Å². The van der Waals surface area contributed by atoms with Crippen molar-refractivity contribution in [3.05, 3.63) is 34.3 Å². The molecule has 0 atom stereocenters. The van der Waals surface area contributed by atoms with E-state index in [1.54, 1.807) is 7.05 Å². The molecule has 0 bridgehead atoms. The van der Waals surface area contributed by atoms with Gasteiger partial charge in [-0.15, -0.1) is 0 Å². The molecule has 7 heteroatoms. The van der Waals surface area contributed by atoms with Gasteiger partial charge in [-0.05, 0) is 37.3 Å². The zero-order valence-corrected chi connectivity index (χ0v) is 17.2. The van der Waals surface area contributed by atoms with Crippen LogP contribution in [0.25, 0.3) is 0 Å². The molecule has 0 aromatic heterocycles. The fourth-order valence-corrected chi connectivity index (χ4v) is 5.64.